The van der Waals surface area contributed by atoms with E-state index in [1.54, 1.807) is 30.3 Å². The van der Waals surface area contributed by atoms with Crippen LogP contribution in [-0.2, 0) is 11.2 Å². The highest BCUT2D eigenvalue weighted by atomic mass is 19.1. The molecule has 1 aromatic heterocycles. The monoisotopic (exact) mass is 276 g/mol. The van der Waals surface area contributed by atoms with Gasteiger partial charge in [0.05, 0.1) is 5.56 Å². The first-order valence-corrected chi connectivity index (χ1v) is 6.51. The van der Waals surface area contributed by atoms with Gasteiger partial charge in [-0.3, -0.25) is 4.79 Å². The van der Waals surface area contributed by atoms with E-state index < -0.39 is 0 Å². The number of carbonyl (C=O) groups excluding carboxylic acids is 1. The second-order valence-electron chi connectivity index (χ2n) is 4.38. The molecule has 2 aromatic rings. The SMILES string of the molecule is NCCNC(=O)CCc1ccc(-c2ccccc2F)o1. The second kappa shape index (κ2) is 6.86. The van der Waals surface area contributed by atoms with Crippen molar-refractivity contribution in [2.24, 2.45) is 5.73 Å². The van der Waals surface area contributed by atoms with Crippen LogP contribution in [0.4, 0.5) is 4.39 Å². The second-order valence-corrected chi connectivity index (χ2v) is 4.38. The predicted octanol–water partition coefficient (Wildman–Crippen LogP) is 2.09. The van der Waals surface area contributed by atoms with Crippen molar-refractivity contribution in [1.29, 1.82) is 0 Å². The van der Waals surface area contributed by atoms with Gasteiger partial charge >= 0.3 is 0 Å². The number of furan rings is 1. The van der Waals surface area contributed by atoms with E-state index in [9.17, 15) is 9.18 Å². The highest BCUT2D eigenvalue weighted by Gasteiger charge is 2.10. The van der Waals surface area contributed by atoms with Gasteiger partial charge in [-0.1, -0.05) is 12.1 Å². The van der Waals surface area contributed by atoms with Gasteiger partial charge in [-0.05, 0) is 24.3 Å². The van der Waals surface area contributed by atoms with Gasteiger partial charge in [-0.2, -0.15) is 0 Å². The Morgan fingerprint density at radius 3 is 2.80 bits per heavy atom. The van der Waals surface area contributed by atoms with E-state index in [4.69, 9.17) is 10.2 Å². The summed E-state index contributed by atoms with van der Waals surface area (Å²) in [6.45, 7) is 0.890. The summed E-state index contributed by atoms with van der Waals surface area (Å²) in [6, 6.07) is 9.90. The average Bonchev–Trinajstić information content (AvgIpc) is 2.92. The third-order valence-electron chi connectivity index (χ3n) is 2.87. The Balaban J connectivity index is 1.96. The standard InChI is InChI=1S/C15H17FN2O2/c16-13-4-2-1-3-12(13)14-7-5-11(20-14)6-8-15(19)18-10-9-17/h1-5,7H,6,8-10,17H2,(H,18,19). The number of hydrogen-bond acceptors (Lipinski definition) is 3. The van der Waals surface area contributed by atoms with Crippen LogP contribution in [0.15, 0.2) is 40.8 Å². The van der Waals surface area contributed by atoms with E-state index in [-0.39, 0.29) is 11.7 Å². The van der Waals surface area contributed by atoms with Crippen molar-refractivity contribution < 1.29 is 13.6 Å². The van der Waals surface area contributed by atoms with Crippen molar-refractivity contribution in [2.75, 3.05) is 13.1 Å². The molecular formula is C15H17FN2O2. The molecule has 1 heterocycles. The van der Waals surface area contributed by atoms with E-state index in [1.807, 2.05) is 0 Å². The third-order valence-corrected chi connectivity index (χ3v) is 2.87. The summed E-state index contributed by atoms with van der Waals surface area (Å²) in [5.74, 6) is 0.736. The fraction of sp³-hybridized carbons (Fsp3) is 0.267. The zero-order valence-electron chi connectivity index (χ0n) is 11.1. The maximum Gasteiger partial charge on any atom is 0.220 e. The van der Waals surface area contributed by atoms with Gasteiger partial charge in [0.2, 0.25) is 5.91 Å². The molecule has 0 saturated carbocycles. The van der Waals surface area contributed by atoms with Gasteiger partial charge in [-0.15, -0.1) is 0 Å². The molecule has 1 amide bonds. The number of rotatable bonds is 6. The Bertz CT molecular complexity index is 581. The maximum atomic E-state index is 13.6. The van der Waals surface area contributed by atoms with Crippen molar-refractivity contribution in [3.8, 4) is 11.3 Å². The molecule has 0 unspecified atom stereocenters. The molecule has 2 rings (SSSR count). The molecule has 0 spiro atoms. The number of hydrogen-bond donors (Lipinski definition) is 2. The van der Waals surface area contributed by atoms with Crippen LogP contribution < -0.4 is 11.1 Å². The van der Waals surface area contributed by atoms with E-state index in [2.05, 4.69) is 5.32 Å². The molecular weight excluding hydrogens is 259 g/mol. The molecule has 0 saturated heterocycles. The van der Waals surface area contributed by atoms with Gasteiger partial charge in [0.1, 0.15) is 17.3 Å². The number of halogens is 1. The summed E-state index contributed by atoms with van der Waals surface area (Å²) in [6.07, 6.45) is 0.801. The van der Waals surface area contributed by atoms with Gasteiger partial charge in [0, 0.05) is 25.9 Å². The lowest BCUT2D eigenvalue weighted by molar-refractivity contribution is -0.121. The molecule has 3 N–H and O–H groups in total. The van der Waals surface area contributed by atoms with Gasteiger partial charge in [-0.25, -0.2) is 4.39 Å². The Morgan fingerprint density at radius 2 is 2.05 bits per heavy atom. The summed E-state index contributed by atoms with van der Waals surface area (Å²) in [4.78, 5) is 11.4. The van der Waals surface area contributed by atoms with Crippen molar-refractivity contribution in [3.05, 3.63) is 48.0 Å². The van der Waals surface area contributed by atoms with Gasteiger partial charge in [0.15, 0.2) is 0 Å². The first kappa shape index (κ1) is 14.3. The molecule has 0 aliphatic heterocycles. The summed E-state index contributed by atoms with van der Waals surface area (Å²) in [7, 11) is 0. The molecule has 0 aliphatic carbocycles. The Kier molecular flexibility index (Phi) is 4.90. The number of nitrogens with two attached hydrogens (primary N) is 1. The number of carbonyl (C=O) groups is 1. The van der Waals surface area contributed by atoms with Crippen LogP contribution in [0.3, 0.4) is 0 Å². The molecule has 0 radical (unpaired) electrons. The summed E-state index contributed by atoms with van der Waals surface area (Å²) in [5, 5.41) is 2.68. The molecule has 0 atom stereocenters. The van der Waals surface area contributed by atoms with E-state index >= 15 is 0 Å². The lowest BCUT2D eigenvalue weighted by Gasteiger charge is -2.02. The molecule has 0 aliphatic rings. The van der Waals surface area contributed by atoms with Crippen LogP contribution in [0, 0.1) is 5.82 Å². The molecule has 0 bridgehead atoms. The van der Waals surface area contributed by atoms with Gasteiger partial charge < -0.3 is 15.5 Å². The lowest BCUT2D eigenvalue weighted by Crippen LogP contribution is -2.29. The van der Waals surface area contributed by atoms with E-state index in [0.717, 1.165) is 0 Å². The maximum absolute atomic E-state index is 13.6. The summed E-state index contributed by atoms with van der Waals surface area (Å²) >= 11 is 0. The van der Waals surface area contributed by atoms with Crippen molar-refractivity contribution >= 4 is 5.91 Å². The highest BCUT2D eigenvalue weighted by molar-refractivity contribution is 5.76. The quantitative estimate of drug-likeness (QED) is 0.849. The van der Waals surface area contributed by atoms with Crippen LogP contribution in [0.1, 0.15) is 12.2 Å². The third kappa shape index (κ3) is 3.68. The summed E-state index contributed by atoms with van der Waals surface area (Å²) < 4.78 is 19.2. The zero-order chi connectivity index (χ0) is 14.4. The first-order chi connectivity index (χ1) is 9.70. The Labute approximate surface area is 116 Å². The molecule has 106 valence electrons. The first-order valence-electron chi connectivity index (χ1n) is 6.51. The van der Waals surface area contributed by atoms with Crippen LogP contribution >= 0.6 is 0 Å². The zero-order valence-corrected chi connectivity index (χ0v) is 11.1. The molecule has 4 nitrogen and oxygen atoms in total. The number of nitrogens with one attached hydrogen (secondary N) is 1. The normalized spacial score (nSPS) is 10.5. The van der Waals surface area contributed by atoms with Crippen LogP contribution in [0.5, 0.6) is 0 Å². The number of benzene rings is 1. The highest BCUT2D eigenvalue weighted by Crippen LogP contribution is 2.25. The Hall–Kier alpha value is -2.14. The predicted molar refractivity (Wildman–Crippen MR) is 74.5 cm³/mol. The van der Waals surface area contributed by atoms with E-state index in [0.29, 0.717) is 43.0 Å². The van der Waals surface area contributed by atoms with Crippen molar-refractivity contribution in [1.82, 2.24) is 5.32 Å². The number of amides is 1. The lowest BCUT2D eigenvalue weighted by atomic mass is 10.1. The van der Waals surface area contributed by atoms with Crippen LogP contribution in [0.2, 0.25) is 0 Å². The fourth-order valence-electron chi connectivity index (χ4n) is 1.85. The minimum Gasteiger partial charge on any atom is -0.461 e. The number of aryl methyl sites for hydroxylation is 1. The van der Waals surface area contributed by atoms with E-state index in [1.165, 1.54) is 6.07 Å². The summed E-state index contributed by atoms with van der Waals surface area (Å²) in [5.41, 5.74) is 5.72. The smallest absolute Gasteiger partial charge is 0.220 e. The average molecular weight is 276 g/mol. The van der Waals surface area contributed by atoms with Crippen LogP contribution in [-0.4, -0.2) is 19.0 Å². The Morgan fingerprint density at radius 1 is 1.25 bits per heavy atom. The van der Waals surface area contributed by atoms with Crippen molar-refractivity contribution in [3.63, 3.8) is 0 Å². The molecule has 0 fully saturated rings. The molecule has 5 heteroatoms. The largest absolute Gasteiger partial charge is 0.461 e. The molecule has 1 aromatic carbocycles. The van der Waals surface area contributed by atoms with Crippen molar-refractivity contribution in [2.45, 2.75) is 12.8 Å². The minimum atomic E-state index is -0.325. The molecule has 20 heavy (non-hydrogen) atoms. The fourth-order valence-corrected chi connectivity index (χ4v) is 1.85. The van der Waals surface area contributed by atoms with Gasteiger partial charge in [0.25, 0.3) is 0 Å². The topological polar surface area (TPSA) is 68.3 Å². The minimum absolute atomic E-state index is 0.0701. The van der Waals surface area contributed by atoms with Crippen LogP contribution in [0.25, 0.3) is 11.3 Å².